The maximum atomic E-state index is 13.9. The van der Waals surface area contributed by atoms with Gasteiger partial charge in [-0.2, -0.15) is 4.98 Å². The molecule has 222 valence electrons. The molecule has 6 rings (SSSR count). The fourth-order valence-electron chi connectivity index (χ4n) is 6.13. The molecule has 4 aliphatic rings. The van der Waals surface area contributed by atoms with Crippen LogP contribution in [0.25, 0.3) is 11.0 Å². The van der Waals surface area contributed by atoms with Crippen LogP contribution in [0.2, 0.25) is 0 Å². The van der Waals surface area contributed by atoms with Gasteiger partial charge in [0.2, 0.25) is 15.9 Å². The number of ether oxygens (including phenoxy) is 1. The second-order valence-corrected chi connectivity index (χ2v) is 14.7. The molecule has 2 saturated carbocycles. The Hall–Kier alpha value is -2.96. The predicted octanol–water partition coefficient (Wildman–Crippen LogP) is 2.11. The number of benzene rings is 1. The molecule has 2 aliphatic heterocycles. The van der Waals surface area contributed by atoms with Crippen molar-refractivity contribution in [1.82, 2.24) is 24.9 Å². The first-order valence-corrected chi connectivity index (χ1v) is 16.2. The molecular weight excluding hydrogens is 544 g/mol. The topological polar surface area (TPSA) is 160 Å². The van der Waals surface area contributed by atoms with Crippen LogP contribution in [0.5, 0.6) is 6.01 Å². The van der Waals surface area contributed by atoms with Crippen LogP contribution in [0.15, 0.2) is 36.4 Å². The minimum Gasteiger partial charge on any atom is -0.460 e. The number of carbonyl (C=O) groups is 2. The number of allylic oxidation sites excluding steroid dienone is 1. The summed E-state index contributed by atoms with van der Waals surface area (Å²) < 4.78 is 33.4. The summed E-state index contributed by atoms with van der Waals surface area (Å²) >= 11 is 0. The van der Waals surface area contributed by atoms with E-state index in [1.54, 1.807) is 6.92 Å². The van der Waals surface area contributed by atoms with Gasteiger partial charge in [-0.3, -0.25) is 19.2 Å². The van der Waals surface area contributed by atoms with Crippen LogP contribution < -0.4 is 20.5 Å². The third-order valence-corrected chi connectivity index (χ3v) is 11.4. The Morgan fingerprint density at radius 2 is 2.00 bits per heavy atom. The van der Waals surface area contributed by atoms with E-state index in [2.05, 4.69) is 20.0 Å². The van der Waals surface area contributed by atoms with Crippen molar-refractivity contribution < 1.29 is 22.7 Å². The number of nitrogens with two attached hydrogens (primary N) is 1. The summed E-state index contributed by atoms with van der Waals surface area (Å²) in [5.74, 6) is -1.24. The van der Waals surface area contributed by atoms with Gasteiger partial charge in [-0.1, -0.05) is 37.1 Å². The van der Waals surface area contributed by atoms with E-state index < -0.39 is 32.3 Å². The molecular formula is C29H40N6O5S. The van der Waals surface area contributed by atoms with E-state index in [0.717, 1.165) is 43.1 Å². The normalized spacial score (nSPS) is 32.2. The van der Waals surface area contributed by atoms with Crippen molar-refractivity contribution in [2.24, 2.45) is 11.7 Å². The lowest BCUT2D eigenvalue weighted by Gasteiger charge is -2.28. The van der Waals surface area contributed by atoms with Crippen LogP contribution in [0.4, 0.5) is 0 Å². The second-order valence-electron chi connectivity index (χ2n) is 12.5. The van der Waals surface area contributed by atoms with Gasteiger partial charge in [-0.05, 0) is 57.6 Å². The van der Waals surface area contributed by atoms with Crippen LogP contribution in [0.3, 0.4) is 0 Å². The van der Waals surface area contributed by atoms with Crippen LogP contribution in [-0.2, 0) is 19.6 Å². The Kier molecular flexibility index (Phi) is 7.36. The van der Waals surface area contributed by atoms with Gasteiger partial charge in [-0.15, -0.1) is 0 Å². The fraction of sp³-hybridized carbons (Fsp3) is 0.621. The highest BCUT2D eigenvalue weighted by Crippen LogP contribution is 2.47. The maximum Gasteiger partial charge on any atom is 0.294 e. The third kappa shape index (κ3) is 5.74. The zero-order chi connectivity index (χ0) is 28.8. The van der Waals surface area contributed by atoms with Crippen LogP contribution in [0, 0.1) is 5.92 Å². The first kappa shape index (κ1) is 28.2. The number of sulfonamides is 1. The number of fused-ring (bicyclic) bond motifs is 3. The van der Waals surface area contributed by atoms with Crippen LogP contribution >= 0.6 is 0 Å². The average Bonchev–Trinajstić information content (AvgIpc) is 3.74. The molecule has 1 aromatic carbocycles. The average molecular weight is 585 g/mol. The van der Waals surface area contributed by atoms with Gasteiger partial charge < -0.3 is 20.8 Å². The monoisotopic (exact) mass is 584 g/mol. The van der Waals surface area contributed by atoms with Crippen molar-refractivity contribution in [2.45, 2.75) is 93.2 Å². The summed E-state index contributed by atoms with van der Waals surface area (Å²) in [6, 6.07) is 7.37. The maximum absolute atomic E-state index is 13.9. The summed E-state index contributed by atoms with van der Waals surface area (Å²) in [7, 11) is -3.84. The third-order valence-electron chi connectivity index (χ3n) is 9.19. The SMILES string of the molecule is CC1(S(=O)(=O)NC(=O)[C@@]23C[C@H]2C=CCCCCC[C@H](N)CN2C[C@H](Oc4nc5ccccc5[nH]4)C[C@H]2C(=O)N3)CC1. The number of H-pyrrole nitrogens is 1. The zero-order valence-corrected chi connectivity index (χ0v) is 24.3. The standard InChI is InChI=1S/C29H40N6O5S/c1-28(13-14-28)41(38,39)34-26(37)29-16-19(29)9-5-3-2-4-6-10-20(30)17-35-18-21(15-24(35)25(36)33-29)40-27-31-22-11-7-8-12-23(22)32-27/h5,7-9,11-12,19-21,24H,2-4,6,10,13-18,30H2,1H3,(H,31,32)(H,33,36)(H,34,37)/t19-,20+,21-,24+,29-/m1/s1. The number of hydrogen-bond donors (Lipinski definition) is 4. The number of hydrogen-bond acceptors (Lipinski definition) is 8. The molecule has 3 fully saturated rings. The highest BCUT2D eigenvalue weighted by molar-refractivity contribution is 7.91. The van der Waals surface area contributed by atoms with E-state index in [4.69, 9.17) is 10.5 Å². The number of nitrogens with zero attached hydrogens (tertiary/aromatic N) is 2. The van der Waals surface area contributed by atoms with E-state index in [0.29, 0.717) is 44.8 Å². The molecule has 12 heteroatoms. The van der Waals surface area contributed by atoms with Crippen LogP contribution in [0.1, 0.15) is 64.7 Å². The Labute approximate surface area is 240 Å². The number of carbonyl (C=O) groups excluding carboxylic acids is 2. The number of aromatic nitrogens is 2. The summed E-state index contributed by atoms with van der Waals surface area (Å²) in [4.78, 5) is 37.1. The molecule has 3 heterocycles. The summed E-state index contributed by atoms with van der Waals surface area (Å²) in [6.45, 7) is 2.64. The minimum absolute atomic E-state index is 0.105. The molecule has 1 aromatic heterocycles. The Morgan fingerprint density at radius 1 is 1.20 bits per heavy atom. The lowest BCUT2D eigenvalue weighted by molar-refractivity contribution is -0.132. The minimum atomic E-state index is -3.84. The van der Waals surface area contributed by atoms with E-state index in [-0.39, 0.29) is 24.0 Å². The van der Waals surface area contributed by atoms with Crippen LogP contribution in [-0.4, -0.2) is 76.7 Å². The number of nitrogens with one attached hydrogen (secondary N) is 3. The van der Waals surface area contributed by atoms with Gasteiger partial charge in [-0.25, -0.2) is 8.42 Å². The lowest BCUT2D eigenvalue weighted by Crippen LogP contribution is -2.57. The van der Waals surface area contributed by atoms with Crippen molar-refractivity contribution in [3.8, 4) is 6.01 Å². The Morgan fingerprint density at radius 3 is 2.78 bits per heavy atom. The molecule has 0 unspecified atom stereocenters. The van der Waals surface area contributed by atoms with Gasteiger partial charge in [0.05, 0.1) is 21.8 Å². The summed E-state index contributed by atoms with van der Waals surface area (Å²) in [5, 5.41) is 3.00. The lowest BCUT2D eigenvalue weighted by atomic mass is 10.1. The van der Waals surface area contributed by atoms with Gasteiger partial charge in [0.15, 0.2) is 0 Å². The van der Waals surface area contributed by atoms with Crippen molar-refractivity contribution in [3.05, 3.63) is 36.4 Å². The molecule has 2 amide bonds. The number of rotatable bonds is 5. The predicted molar refractivity (Wildman–Crippen MR) is 154 cm³/mol. The Bertz CT molecular complexity index is 1420. The molecule has 5 N–H and O–H groups in total. The number of para-hydroxylation sites is 2. The molecule has 5 atom stereocenters. The van der Waals surface area contributed by atoms with Gasteiger partial charge >= 0.3 is 0 Å². The van der Waals surface area contributed by atoms with Crippen molar-refractivity contribution >= 4 is 32.9 Å². The molecule has 2 aromatic rings. The zero-order valence-electron chi connectivity index (χ0n) is 23.5. The summed E-state index contributed by atoms with van der Waals surface area (Å²) in [6.07, 6.45) is 10.2. The van der Waals surface area contributed by atoms with E-state index >= 15 is 0 Å². The number of aromatic amines is 1. The number of imidazole rings is 1. The molecule has 0 bridgehead atoms. The van der Waals surface area contributed by atoms with E-state index in [9.17, 15) is 18.0 Å². The molecule has 11 nitrogen and oxygen atoms in total. The molecule has 0 spiro atoms. The first-order chi connectivity index (χ1) is 19.6. The first-order valence-electron chi connectivity index (χ1n) is 14.8. The molecule has 41 heavy (non-hydrogen) atoms. The smallest absolute Gasteiger partial charge is 0.294 e. The molecule has 1 saturated heterocycles. The number of amides is 2. The van der Waals surface area contributed by atoms with Crippen molar-refractivity contribution in [1.29, 1.82) is 0 Å². The van der Waals surface area contributed by atoms with E-state index in [1.807, 2.05) is 41.3 Å². The largest absolute Gasteiger partial charge is 0.460 e. The van der Waals surface area contributed by atoms with Crippen molar-refractivity contribution in [3.63, 3.8) is 0 Å². The van der Waals surface area contributed by atoms with Gasteiger partial charge in [0.1, 0.15) is 11.6 Å². The van der Waals surface area contributed by atoms with Gasteiger partial charge in [0.25, 0.3) is 11.9 Å². The molecule has 0 radical (unpaired) electrons. The van der Waals surface area contributed by atoms with E-state index in [1.165, 1.54) is 0 Å². The highest BCUT2D eigenvalue weighted by Gasteiger charge is 2.63. The fourth-order valence-corrected chi connectivity index (χ4v) is 7.44. The second kappa shape index (κ2) is 10.7. The Balaban J connectivity index is 1.22. The van der Waals surface area contributed by atoms with Gasteiger partial charge in [0, 0.05) is 31.5 Å². The molecule has 2 aliphatic carbocycles. The quantitative estimate of drug-likeness (QED) is 0.389. The summed E-state index contributed by atoms with van der Waals surface area (Å²) in [5.41, 5.74) is 6.88. The highest BCUT2D eigenvalue weighted by atomic mass is 32.2. The van der Waals surface area contributed by atoms with Crippen molar-refractivity contribution in [2.75, 3.05) is 13.1 Å².